The number of aryl methyl sites for hydroxylation is 2. The Morgan fingerprint density at radius 2 is 1.24 bits per heavy atom. The van der Waals surface area contributed by atoms with E-state index in [9.17, 15) is 10.2 Å². The zero-order valence-electron chi connectivity index (χ0n) is 38.4. The van der Waals surface area contributed by atoms with Crippen molar-refractivity contribution in [2.24, 2.45) is 11.8 Å². The summed E-state index contributed by atoms with van der Waals surface area (Å²) in [6, 6.07) is 22.0. The minimum absolute atomic E-state index is 0.162. The zero-order valence-corrected chi connectivity index (χ0v) is 40.4. The van der Waals surface area contributed by atoms with Gasteiger partial charge in [-0.2, -0.15) is 0 Å². The van der Waals surface area contributed by atoms with Crippen molar-refractivity contribution >= 4 is 21.3 Å². The molecule has 0 fully saturated rings. The van der Waals surface area contributed by atoms with Crippen LogP contribution in [0.25, 0.3) is 0 Å². The molecule has 2 heterocycles. The number of unbranched alkanes of at least 4 members (excludes halogenated alkanes) is 2. The number of hydrogen-bond donors (Lipinski definition) is 2. The fourth-order valence-corrected chi connectivity index (χ4v) is 16.8. The highest BCUT2D eigenvalue weighted by atomic mass is 28.3. The van der Waals surface area contributed by atoms with Crippen LogP contribution in [0, 0.1) is 11.8 Å². The lowest BCUT2D eigenvalue weighted by molar-refractivity contribution is -0.00559. The molecule has 4 aliphatic rings. The maximum atomic E-state index is 11.6. The molecule has 2 aliphatic carbocycles. The van der Waals surface area contributed by atoms with E-state index in [-0.39, 0.29) is 23.0 Å². The van der Waals surface area contributed by atoms with Crippen molar-refractivity contribution in [3.8, 4) is 23.0 Å². The zero-order chi connectivity index (χ0) is 42.3. The van der Waals surface area contributed by atoms with Crippen molar-refractivity contribution < 1.29 is 19.7 Å². The number of benzene rings is 3. The van der Waals surface area contributed by atoms with Crippen molar-refractivity contribution in [2.75, 3.05) is 0 Å². The van der Waals surface area contributed by atoms with E-state index in [1.165, 1.54) is 70.4 Å². The Hall–Kier alpha value is -3.23. The summed E-state index contributed by atoms with van der Waals surface area (Å²) >= 11 is 0. The van der Waals surface area contributed by atoms with Gasteiger partial charge in [-0.05, 0) is 121 Å². The predicted octanol–water partition coefficient (Wildman–Crippen LogP) is 13.9. The molecule has 5 atom stereocenters. The Labute approximate surface area is 359 Å². The number of ether oxygens (including phenoxy) is 2. The molecule has 3 aromatic carbocycles. The van der Waals surface area contributed by atoms with Gasteiger partial charge in [0.2, 0.25) is 0 Å². The van der Waals surface area contributed by atoms with Gasteiger partial charge in [0.1, 0.15) is 34.2 Å². The summed E-state index contributed by atoms with van der Waals surface area (Å²) < 4.78 is 13.8. The van der Waals surface area contributed by atoms with Crippen LogP contribution in [0.4, 0.5) is 0 Å². The lowest BCUT2D eigenvalue weighted by atomic mass is 9.65. The molecular weight excluding hydrogens is 757 g/mol. The summed E-state index contributed by atoms with van der Waals surface area (Å²) in [4.78, 5) is 0. The first-order valence-corrected chi connectivity index (χ1v) is 30.0. The second-order valence-electron chi connectivity index (χ2n) is 21.6. The molecule has 0 saturated heterocycles. The molecule has 3 aromatic rings. The first-order chi connectivity index (χ1) is 27.9. The molecule has 59 heavy (non-hydrogen) atoms. The second kappa shape index (κ2) is 17.3. The van der Waals surface area contributed by atoms with E-state index in [4.69, 9.17) is 9.47 Å². The van der Waals surface area contributed by atoms with Gasteiger partial charge in [0.25, 0.3) is 0 Å². The molecule has 7 rings (SSSR count). The van der Waals surface area contributed by atoms with Gasteiger partial charge in [0.15, 0.2) is 0 Å². The third-order valence-corrected chi connectivity index (χ3v) is 22.1. The molecule has 4 nitrogen and oxygen atoms in total. The average Bonchev–Trinajstić information content (AvgIpc) is 3.15. The molecule has 1 unspecified atom stereocenters. The summed E-state index contributed by atoms with van der Waals surface area (Å²) in [5.74, 6) is 3.64. The highest BCUT2D eigenvalue weighted by Gasteiger charge is 2.49. The van der Waals surface area contributed by atoms with Crippen LogP contribution < -0.4 is 14.7 Å². The van der Waals surface area contributed by atoms with Gasteiger partial charge in [0.05, 0.1) is 8.07 Å². The Kier molecular flexibility index (Phi) is 12.8. The third-order valence-electron chi connectivity index (χ3n) is 15.2. The Morgan fingerprint density at radius 3 is 1.88 bits per heavy atom. The van der Waals surface area contributed by atoms with E-state index < -0.39 is 16.1 Å². The standard InChI is InChI=1S/C53H76O4Si2/c1-11-12-25-58(7,8)26-14-13-17-38-31-47(55)51-43-29-37(3)22-24-45(43)53(6,57-49(51)34-38)35-40-18-15-20-41(30-40)59(9,10)27-16-19-39-32-46(54)50-42-28-36(2)21-23-44(42)52(4,5)56-48(50)33-39/h15,18,20,28-34,42-45,54-55H,11-14,16-17,19,21-27,35H2,1-10H3/t42-,43-,44-,45-,53?/m1/s1. The van der Waals surface area contributed by atoms with Crippen molar-refractivity contribution in [1.82, 2.24) is 0 Å². The third kappa shape index (κ3) is 9.64. The Balaban J connectivity index is 1.04. The maximum absolute atomic E-state index is 11.6. The van der Waals surface area contributed by atoms with Crippen LogP contribution in [0.1, 0.15) is 139 Å². The van der Waals surface area contributed by atoms with E-state index in [2.05, 4.69) is 116 Å². The predicted molar refractivity (Wildman–Crippen MR) is 254 cm³/mol. The fourth-order valence-electron chi connectivity index (χ4n) is 11.6. The molecular formula is C53H76O4Si2. The minimum Gasteiger partial charge on any atom is -0.507 e. The van der Waals surface area contributed by atoms with Crippen LogP contribution in [0.5, 0.6) is 23.0 Å². The number of hydrogen-bond acceptors (Lipinski definition) is 4. The number of allylic oxidation sites excluding steroid dienone is 4. The van der Waals surface area contributed by atoms with Crippen LogP contribution in [0.3, 0.4) is 0 Å². The van der Waals surface area contributed by atoms with E-state index in [1.54, 1.807) is 0 Å². The lowest BCUT2D eigenvalue weighted by Gasteiger charge is -2.48. The molecule has 0 aromatic heterocycles. The number of rotatable bonds is 15. The molecule has 0 amide bonds. The molecule has 0 radical (unpaired) electrons. The highest BCUT2D eigenvalue weighted by molar-refractivity contribution is 6.89. The van der Waals surface area contributed by atoms with E-state index in [1.807, 2.05) is 12.1 Å². The maximum Gasteiger partial charge on any atom is 0.127 e. The van der Waals surface area contributed by atoms with Gasteiger partial charge in [0, 0.05) is 49.3 Å². The molecule has 6 heteroatoms. The van der Waals surface area contributed by atoms with E-state index in [0.717, 1.165) is 80.4 Å². The van der Waals surface area contributed by atoms with Crippen LogP contribution in [0.15, 0.2) is 71.8 Å². The number of phenols is 2. The lowest BCUT2D eigenvalue weighted by Crippen LogP contribution is -2.49. The van der Waals surface area contributed by atoms with E-state index >= 15 is 0 Å². The topological polar surface area (TPSA) is 58.9 Å². The first kappa shape index (κ1) is 43.8. The van der Waals surface area contributed by atoms with Crippen LogP contribution >= 0.6 is 0 Å². The highest BCUT2D eigenvalue weighted by Crippen LogP contribution is 2.55. The van der Waals surface area contributed by atoms with Gasteiger partial charge in [-0.1, -0.05) is 130 Å². The summed E-state index contributed by atoms with van der Waals surface area (Å²) in [6.45, 7) is 23.7. The van der Waals surface area contributed by atoms with Gasteiger partial charge in [-0.3, -0.25) is 0 Å². The molecule has 2 N–H and O–H groups in total. The van der Waals surface area contributed by atoms with Crippen LogP contribution in [0.2, 0.25) is 44.3 Å². The molecule has 0 saturated carbocycles. The van der Waals surface area contributed by atoms with Gasteiger partial charge in [-0.25, -0.2) is 0 Å². The van der Waals surface area contributed by atoms with Crippen LogP contribution in [-0.2, 0) is 19.3 Å². The summed E-state index contributed by atoms with van der Waals surface area (Å²) in [7, 11) is -2.91. The van der Waals surface area contributed by atoms with Crippen molar-refractivity contribution in [1.29, 1.82) is 0 Å². The fraction of sp³-hybridized carbons (Fsp3) is 0.585. The number of fused-ring (bicyclic) bond motifs is 6. The second-order valence-corrected chi connectivity index (χ2v) is 31.8. The summed E-state index contributed by atoms with van der Waals surface area (Å²) in [5.41, 5.74) is 7.90. The van der Waals surface area contributed by atoms with Gasteiger partial charge < -0.3 is 19.7 Å². The minimum atomic E-state index is -1.78. The largest absolute Gasteiger partial charge is 0.507 e. The van der Waals surface area contributed by atoms with Crippen molar-refractivity contribution in [2.45, 2.75) is 186 Å². The number of phenolic OH excluding ortho intramolecular Hbond substituents is 2. The van der Waals surface area contributed by atoms with Gasteiger partial charge in [-0.15, -0.1) is 0 Å². The SMILES string of the molecule is CCCC[Si](C)(C)CCCCc1cc(O)c2c(c1)OC(C)(Cc1cccc([Si](C)(C)CCCc3cc(O)c4c(c3)OC(C)(C)[C@@H]3CCC(C)=C[C@@H]43)c1)[C@@H]1CCC(C)=C[C@@H]21. The molecule has 2 aliphatic heterocycles. The quantitative estimate of drug-likeness (QED) is 0.0910. The summed E-state index contributed by atoms with van der Waals surface area (Å²) in [6.07, 6.45) is 18.1. The van der Waals surface area contributed by atoms with E-state index in [0.29, 0.717) is 23.3 Å². The molecule has 0 bridgehead atoms. The Morgan fingerprint density at radius 1 is 0.661 bits per heavy atom. The molecule has 0 spiro atoms. The first-order valence-electron chi connectivity index (χ1n) is 23.4. The monoisotopic (exact) mass is 833 g/mol. The Bertz CT molecular complexity index is 2060. The summed E-state index contributed by atoms with van der Waals surface area (Å²) in [5, 5.41) is 24.5. The number of aromatic hydroxyl groups is 2. The normalized spacial score (nSPS) is 24.7. The van der Waals surface area contributed by atoms with Crippen molar-refractivity contribution in [3.63, 3.8) is 0 Å². The average molecular weight is 833 g/mol. The molecule has 320 valence electrons. The van der Waals surface area contributed by atoms with Gasteiger partial charge >= 0.3 is 0 Å². The van der Waals surface area contributed by atoms with Crippen LogP contribution in [-0.4, -0.2) is 37.6 Å². The smallest absolute Gasteiger partial charge is 0.127 e. The van der Waals surface area contributed by atoms with Crippen molar-refractivity contribution in [3.05, 3.63) is 99.6 Å².